The Bertz CT molecular complexity index is 672. The van der Waals surface area contributed by atoms with E-state index in [0.717, 1.165) is 12.8 Å². The third kappa shape index (κ3) is 2.16. The van der Waals surface area contributed by atoms with Crippen LogP contribution in [-0.2, 0) is 14.9 Å². The van der Waals surface area contributed by atoms with E-state index >= 15 is 0 Å². The molecule has 0 N–H and O–H groups in total. The standard InChI is InChI=1S/C15H19NO4S/c1-14-7-6-11(9-12(14)17)15(14,2)10-21(18,19)20-13-5-3-4-8-16-13/h3-5,8,11H,6-7,9-10H2,1-2H3. The molecule has 3 rings (SSSR count). The van der Waals surface area contributed by atoms with Crippen LogP contribution in [0.1, 0.15) is 33.1 Å². The fraction of sp³-hybridized carbons (Fsp3) is 0.600. The second kappa shape index (κ2) is 4.53. The van der Waals surface area contributed by atoms with Crippen LogP contribution in [0.4, 0.5) is 0 Å². The number of pyridine rings is 1. The maximum atomic E-state index is 12.4. The number of hydrogen-bond acceptors (Lipinski definition) is 5. The lowest BCUT2D eigenvalue weighted by Crippen LogP contribution is -2.41. The van der Waals surface area contributed by atoms with Gasteiger partial charge in [0, 0.05) is 29.5 Å². The number of carbonyl (C=O) groups is 1. The largest absolute Gasteiger partial charge is 0.362 e. The summed E-state index contributed by atoms with van der Waals surface area (Å²) >= 11 is 0. The molecule has 21 heavy (non-hydrogen) atoms. The van der Waals surface area contributed by atoms with Crippen molar-refractivity contribution in [3.63, 3.8) is 0 Å². The van der Waals surface area contributed by atoms with Crippen molar-refractivity contribution in [2.45, 2.75) is 33.1 Å². The molecule has 0 radical (unpaired) electrons. The monoisotopic (exact) mass is 309 g/mol. The zero-order valence-corrected chi connectivity index (χ0v) is 13.0. The number of rotatable bonds is 4. The second-order valence-corrected chi connectivity index (χ2v) is 8.14. The predicted molar refractivity (Wildman–Crippen MR) is 77.2 cm³/mol. The van der Waals surface area contributed by atoms with E-state index in [4.69, 9.17) is 4.18 Å². The van der Waals surface area contributed by atoms with Crippen LogP contribution in [-0.4, -0.2) is 24.9 Å². The Hall–Kier alpha value is -1.43. The number of ketones is 1. The van der Waals surface area contributed by atoms with Crippen LogP contribution in [0.3, 0.4) is 0 Å². The molecular weight excluding hydrogens is 290 g/mol. The first-order valence-corrected chi connectivity index (χ1v) is 8.71. The smallest absolute Gasteiger partial charge is 0.311 e. The molecule has 2 aliphatic carbocycles. The zero-order chi connectivity index (χ0) is 15.3. The van der Waals surface area contributed by atoms with Crippen LogP contribution in [0.2, 0.25) is 0 Å². The van der Waals surface area contributed by atoms with Gasteiger partial charge in [0.15, 0.2) is 0 Å². The van der Waals surface area contributed by atoms with Crippen LogP contribution in [0, 0.1) is 16.7 Å². The Morgan fingerprint density at radius 3 is 2.67 bits per heavy atom. The molecule has 0 saturated heterocycles. The summed E-state index contributed by atoms with van der Waals surface area (Å²) in [5.74, 6) is 0.262. The fourth-order valence-electron chi connectivity index (χ4n) is 3.95. The molecule has 2 bridgehead atoms. The van der Waals surface area contributed by atoms with Crippen molar-refractivity contribution in [2.75, 3.05) is 5.75 Å². The molecule has 0 aromatic carbocycles. The fourth-order valence-corrected chi connectivity index (χ4v) is 5.66. The van der Waals surface area contributed by atoms with Crippen molar-refractivity contribution in [1.29, 1.82) is 0 Å². The molecule has 5 nitrogen and oxygen atoms in total. The minimum Gasteiger partial charge on any atom is -0.362 e. The summed E-state index contributed by atoms with van der Waals surface area (Å²) in [6.45, 7) is 3.81. The third-order valence-electron chi connectivity index (χ3n) is 5.53. The van der Waals surface area contributed by atoms with Gasteiger partial charge in [0.25, 0.3) is 0 Å². The van der Waals surface area contributed by atoms with E-state index in [1.54, 1.807) is 12.1 Å². The maximum Gasteiger partial charge on any atom is 0.311 e. The van der Waals surface area contributed by atoms with Gasteiger partial charge in [-0.15, -0.1) is 0 Å². The highest BCUT2D eigenvalue weighted by Crippen LogP contribution is 2.64. The first kappa shape index (κ1) is 14.5. The van der Waals surface area contributed by atoms with Crippen molar-refractivity contribution < 1.29 is 17.4 Å². The number of nitrogens with zero attached hydrogens (tertiary/aromatic N) is 1. The SMILES string of the molecule is CC12CCC(CC1=O)C2(C)CS(=O)(=O)Oc1ccccn1. The first-order chi connectivity index (χ1) is 9.77. The molecule has 6 heteroatoms. The van der Waals surface area contributed by atoms with Gasteiger partial charge in [-0.1, -0.05) is 19.9 Å². The zero-order valence-electron chi connectivity index (χ0n) is 12.2. The number of Topliss-reactive ketones (excluding diaryl/α,β-unsaturated/α-hetero) is 1. The first-order valence-electron chi connectivity index (χ1n) is 7.13. The summed E-state index contributed by atoms with van der Waals surface area (Å²) < 4.78 is 29.8. The number of hydrogen-bond donors (Lipinski definition) is 0. The summed E-state index contributed by atoms with van der Waals surface area (Å²) in [6.07, 6.45) is 3.66. The van der Waals surface area contributed by atoms with Crippen LogP contribution >= 0.6 is 0 Å². The van der Waals surface area contributed by atoms with Gasteiger partial charge in [0.05, 0.1) is 5.75 Å². The maximum absolute atomic E-state index is 12.4. The minimum atomic E-state index is -3.78. The topological polar surface area (TPSA) is 73.3 Å². The average molecular weight is 309 g/mol. The van der Waals surface area contributed by atoms with Gasteiger partial charge in [-0.25, -0.2) is 4.98 Å². The molecular formula is C15H19NO4S. The third-order valence-corrected chi connectivity index (χ3v) is 6.91. The normalized spacial score (nSPS) is 35.1. The van der Waals surface area contributed by atoms with E-state index in [9.17, 15) is 13.2 Å². The van der Waals surface area contributed by atoms with Gasteiger partial charge < -0.3 is 4.18 Å². The molecule has 1 aromatic rings. The van der Waals surface area contributed by atoms with Gasteiger partial charge in [0.2, 0.25) is 5.88 Å². The van der Waals surface area contributed by atoms with E-state index in [-0.39, 0.29) is 23.3 Å². The number of aromatic nitrogens is 1. The number of carbonyl (C=O) groups excluding carboxylic acids is 1. The van der Waals surface area contributed by atoms with Crippen LogP contribution in [0.25, 0.3) is 0 Å². The van der Waals surface area contributed by atoms with Gasteiger partial charge in [-0.05, 0) is 24.8 Å². The summed E-state index contributed by atoms with van der Waals surface area (Å²) in [6, 6.07) is 4.87. The van der Waals surface area contributed by atoms with E-state index in [1.807, 2.05) is 13.8 Å². The van der Waals surface area contributed by atoms with Gasteiger partial charge in [-0.2, -0.15) is 8.42 Å². The lowest BCUT2D eigenvalue weighted by Gasteiger charge is -2.35. The van der Waals surface area contributed by atoms with Crippen molar-refractivity contribution in [2.24, 2.45) is 16.7 Å². The van der Waals surface area contributed by atoms with E-state index in [1.165, 1.54) is 12.3 Å². The van der Waals surface area contributed by atoms with E-state index in [0.29, 0.717) is 6.42 Å². The molecule has 1 aromatic heterocycles. The molecule has 0 amide bonds. The van der Waals surface area contributed by atoms with Crippen LogP contribution < -0.4 is 4.18 Å². The molecule has 1 heterocycles. The van der Waals surface area contributed by atoms with Crippen molar-refractivity contribution in [3.8, 4) is 5.88 Å². The Morgan fingerprint density at radius 2 is 2.14 bits per heavy atom. The summed E-state index contributed by atoms with van der Waals surface area (Å²) in [5.41, 5.74) is -1.09. The van der Waals surface area contributed by atoms with E-state index in [2.05, 4.69) is 4.98 Å². The highest BCUT2D eigenvalue weighted by molar-refractivity contribution is 7.87. The lowest BCUT2D eigenvalue weighted by molar-refractivity contribution is -0.128. The van der Waals surface area contributed by atoms with Crippen LogP contribution in [0.5, 0.6) is 5.88 Å². The molecule has 2 aliphatic rings. The Labute approximate surface area is 124 Å². The molecule has 0 spiro atoms. The van der Waals surface area contributed by atoms with Crippen molar-refractivity contribution in [3.05, 3.63) is 24.4 Å². The Kier molecular flexibility index (Phi) is 3.13. The van der Waals surface area contributed by atoms with Gasteiger partial charge >= 0.3 is 10.1 Å². The molecule has 0 aliphatic heterocycles. The Balaban J connectivity index is 1.85. The highest BCUT2D eigenvalue weighted by Gasteiger charge is 2.65. The van der Waals surface area contributed by atoms with Gasteiger partial charge in [-0.3, -0.25) is 4.79 Å². The summed E-state index contributed by atoms with van der Waals surface area (Å²) in [5, 5.41) is 0. The number of fused-ring (bicyclic) bond motifs is 2. The second-order valence-electron chi connectivity index (χ2n) is 6.57. The van der Waals surface area contributed by atoms with E-state index < -0.39 is 20.9 Å². The minimum absolute atomic E-state index is 0.0722. The quantitative estimate of drug-likeness (QED) is 0.797. The molecule has 114 valence electrons. The molecule has 2 saturated carbocycles. The van der Waals surface area contributed by atoms with Crippen LogP contribution in [0.15, 0.2) is 24.4 Å². The van der Waals surface area contributed by atoms with Crippen molar-refractivity contribution in [1.82, 2.24) is 4.98 Å². The lowest BCUT2D eigenvalue weighted by atomic mass is 9.70. The predicted octanol–water partition coefficient (Wildman–Crippen LogP) is 2.19. The highest BCUT2D eigenvalue weighted by atomic mass is 32.2. The Morgan fingerprint density at radius 1 is 1.38 bits per heavy atom. The summed E-state index contributed by atoms with van der Waals surface area (Å²) in [4.78, 5) is 16.0. The van der Waals surface area contributed by atoms with Gasteiger partial charge in [0.1, 0.15) is 5.78 Å². The van der Waals surface area contributed by atoms with Crippen molar-refractivity contribution >= 4 is 15.9 Å². The summed E-state index contributed by atoms with van der Waals surface area (Å²) in [7, 11) is -3.78. The average Bonchev–Trinajstić information content (AvgIpc) is 2.73. The molecule has 2 fully saturated rings. The molecule has 3 unspecified atom stereocenters. The molecule has 3 atom stereocenters.